The van der Waals surface area contributed by atoms with Gasteiger partial charge in [0.25, 0.3) is 0 Å². The predicted molar refractivity (Wildman–Crippen MR) is 270 cm³/mol. The van der Waals surface area contributed by atoms with Crippen molar-refractivity contribution in [3.05, 3.63) is 24.3 Å². The topological polar surface area (TPSA) is 135 Å². The molecular weight excluding hydrogens is 817 g/mol. The van der Waals surface area contributed by atoms with Gasteiger partial charge < -0.3 is 39.4 Å². The Balaban J connectivity index is 2.16. The molecular formula is C56H106O9. The minimum Gasteiger partial charge on any atom is -0.457 e. The van der Waals surface area contributed by atoms with E-state index in [0.29, 0.717) is 13.0 Å². The molecule has 0 spiro atoms. The van der Waals surface area contributed by atoms with Crippen LogP contribution in [0.5, 0.6) is 0 Å². The summed E-state index contributed by atoms with van der Waals surface area (Å²) < 4.78 is 23.0. The van der Waals surface area contributed by atoms with Gasteiger partial charge in [-0.25, -0.2) is 0 Å². The summed E-state index contributed by atoms with van der Waals surface area (Å²) in [7, 11) is 0. The molecule has 9 heteroatoms. The van der Waals surface area contributed by atoms with Gasteiger partial charge in [-0.2, -0.15) is 0 Å². The second kappa shape index (κ2) is 47.7. The number of unbranched alkanes of at least 4 members (excludes halogenated alkanes) is 34. The molecule has 0 aromatic carbocycles. The zero-order valence-electron chi connectivity index (χ0n) is 42.5. The van der Waals surface area contributed by atoms with Gasteiger partial charge >= 0.3 is 5.97 Å². The lowest BCUT2D eigenvalue weighted by atomic mass is 9.99. The van der Waals surface area contributed by atoms with Gasteiger partial charge in [-0.05, 0) is 44.9 Å². The van der Waals surface area contributed by atoms with E-state index in [1.54, 1.807) is 0 Å². The molecule has 9 nitrogen and oxygen atoms in total. The van der Waals surface area contributed by atoms with Gasteiger partial charge in [0.2, 0.25) is 0 Å². The molecule has 1 saturated heterocycles. The zero-order valence-corrected chi connectivity index (χ0v) is 42.5. The van der Waals surface area contributed by atoms with Crippen molar-refractivity contribution in [3.63, 3.8) is 0 Å². The zero-order chi connectivity index (χ0) is 47.1. The highest BCUT2D eigenvalue weighted by molar-refractivity contribution is 5.69. The Hall–Kier alpha value is -1.33. The lowest BCUT2D eigenvalue weighted by Crippen LogP contribution is -2.59. The smallest absolute Gasteiger partial charge is 0.306 e. The van der Waals surface area contributed by atoms with Gasteiger partial charge in [-0.3, -0.25) is 4.79 Å². The Bertz CT molecular complexity index is 1050. The molecule has 0 aromatic rings. The van der Waals surface area contributed by atoms with Gasteiger partial charge in [0.05, 0.1) is 19.8 Å². The second-order valence-electron chi connectivity index (χ2n) is 19.4. The van der Waals surface area contributed by atoms with E-state index in [9.17, 15) is 25.2 Å². The standard InChI is InChI=1S/C56H106O9/c1-3-5-7-9-11-13-15-17-19-21-23-24-25-26-27-29-31-33-35-37-39-41-43-45-52(58)64-50(49-63-56-55(61)54(60)53(59)51(47-57)65-56)48-62-46-44-42-40-38-36-34-32-30-28-22-20-18-16-14-12-10-8-6-4-2/h15,17,21,23,50-51,53-57,59-61H,3-14,16,18-20,22,24-49H2,1-2H3/b17-15-,23-21-. The fourth-order valence-corrected chi connectivity index (χ4v) is 8.76. The number of carbonyl (C=O) groups excluding carboxylic acids is 1. The van der Waals surface area contributed by atoms with Crippen LogP contribution >= 0.6 is 0 Å². The van der Waals surface area contributed by atoms with Crippen molar-refractivity contribution in [1.29, 1.82) is 0 Å². The molecule has 0 saturated carbocycles. The van der Waals surface area contributed by atoms with Crippen molar-refractivity contribution in [3.8, 4) is 0 Å². The van der Waals surface area contributed by atoms with E-state index < -0.39 is 43.4 Å². The van der Waals surface area contributed by atoms with E-state index in [1.807, 2.05) is 0 Å². The van der Waals surface area contributed by atoms with E-state index in [0.717, 1.165) is 38.5 Å². The number of allylic oxidation sites excluding steroid dienone is 4. The second-order valence-corrected chi connectivity index (χ2v) is 19.4. The number of esters is 1. The van der Waals surface area contributed by atoms with Crippen LogP contribution in [0.3, 0.4) is 0 Å². The van der Waals surface area contributed by atoms with Crippen LogP contribution < -0.4 is 0 Å². The first-order valence-electron chi connectivity index (χ1n) is 27.9. The van der Waals surface area contributed by atoms with E-state index in [4.69, 9.17) is 18.9 Å². The molecule has 4 N–H and O–H groups in total. The van der Waals surface area contributed by atoms with Gasteiger partial charge in [-0.15, -0.1) is 0 Å². The summed E-state index contributed by atoms with van der Waals surface area (Å²) in [5.74, 6) is -0.310. The van der Waals surface area contributed by atoms with Crippen LogP contribution in [0.2, 0.25) is 0 Å². The highest BCUT2D eigenvalue weighted by Gasteiger charge is 2.44. The lowest BCUT2D eigenvalue weighted by molar-refractivity contribution is -0.305. The summed E-state index contributed by atoms with van der Waals surface area (Å²) in [6.07, 6.45) is 50.7. The van der Waals surface area contributed by atoms with Crippen LogP contribution in [0.15, 0.2) is 24.3 Å². The van der Waals surface area contributed by atoms with Crippen LogP contribution in [-0.4, -0.2) is 89.6 Å². The van der Waals surface area contributed by atoms with Gasteiger partial charge in [0.15, 0.2) is 6.29 Å². The lowest BCUT2D eigenvalue weighted by Gasteiger charge is -2.39. The maximum absolute atomic E-state index is 12.9. The molecule has 1 fully saturated rings. The maximum atomic E-state index is 12.9. The van der Waals surface area contributed by atoms with E-state index in [2.05, 4.69) is 38.2 Å². The van der Waals surface area contributed by atoms with E-state index in [-0.39, 0.29) is 19.2 Å². The largest absolute Gasteiger partial charge is 0.457 e. The number of rotatable bonds is 49. The van der Waals surface area contributed by atoms with E-state index >= 15 is 0 Å². The predicted octanol–water partition coefficient (Wildman–Crippen LogP) is 14.1. The van der Waals surface area contributed by atoms with Crippen molar-refractivity contribution < 1.29 is 44.2 Å². The average molecular weight is 923 g/mol. The third-order valence-corrected chi connectivity index (χ3v) is 13.1. The minimum absolute atomic E-state index is 0.109. The van der Waals surface area contributed by atoms with Crippen molar-refractivity contribution in [2.75, 3.05) is 26.4 Å². The number of aliphatic hydroxyl groups excluding tert-OH is 4. The molecule has 6 unspecified atom stereocenters. The fourth-order valence-electron chi connectivity index (χ4n) is 8.76. The van der Waals surface area contributed by atoms with Crippen molar-refractivity contribution in [1.82, 2.24) is 0 Å². The van der Waals surface area contributed by atoms with Gasteiger partial charge in [0.1, 0.15) is 30.5 Å². The molecule has 6 atom stereocenters. The molecule has 0 radical (unpaired) electrons. The molecule has 0 amide bonds. The Kier molecular flexibility index (Phi) is 45.3. The summed E-state index contributed by atoms with van der Waals surface area (Å²) in [6.45, 7) is 4.61. The van der Waals surface area contributed by atoms with E-state index in [1.165, 1.54) is 205 Å². The summed E-state index contributed by atoms with van der Waals surface area (Å²) in [5.41, 5.74) is 0. The van der Waals surface area contributed by atoms with Crippen molar-refractivity contribution in [2.45, 2.75) is 301 Å². The SMILES string of the molecule is CCCCCCC/C=C\C/C=C\CCCCCCCCCCCCCC(=O)OC(COCCCCCCCCCCCCCCCCCCCCC)COC1OC(CO)C(O)C(O)C1O. The molecule has 0 aromatic heterocycles. The first-order valence-corrected chi connectivity index (χ1v) is 27.9. The molecule has 0 bridgehead atoms. The molecule has 1 aliphatic rings. The number of carbonyl (C=O) groups is 1. The first kappa shape index (κ1) is 61.7. The van der Waals surface area contributed by atoms with Crippen LogP contribution in [0.4, 0.5) is 0 Å². The molecule has 384 valence electrons. The quantitative estimate of drug-likeness (QED) is 0.0267. The summed E-state index contributed by atoms with van der Waals surface area (Å²) in [4.78, 5) is 12.9. The number of ether oxygens (including phenoxy) is 4. The van der Waals surface area contributed by atoms with Crippen LogP contribution in [0, 0.1) is 0 Å². The fraction of sp³-hybridized carbons (Fsp3) is 0.911. The summed E-state index contributed by atoms with van der Waals surface area (Å²) in [6, 6.07) is 0. The van der Waals surface area contributed by atoms with Gasteiger partial charge in [-0.1, -0.05) is 237 Å². The Morgan fingerprint density at radius 2 is 0.892 bits per heavy atom. The number of hydrogen-bond donors (Lipinski definition) is 4. The Labute approximate surface area is 400 Å². The van der Waals surface area contributed by atoms with Gasteiger partial charge in [0, 0.05) is 13.0 Å². The molecule has 1 rings (SSSR count). The Morgan fingerprint density at radius 1 is 0.492 bits per heavy atom. The van der Waals surface area contributed by atoms with Crippen molar-refractivity contribution in [2.24, 2.45) is 0 Å². The number of aliphatic hydroxyl groups is 4. The van der Waals surface area contributed by atoms with Crippen LogP contribution in [0.25, 0.3) is 0 Å². The minimum atomic E-state index is -1.53. The normalized spacial score (nSPS) is 19.5. The summed E-state index contributed by atoms with van der Waals surface area (Å²) >= 11 is 0. The molecule has 1 aliphatic heterocycles. The van der Waals surface area contributed by atoms with Crippen LogP contribution in [-0.2, 0) is 23.7 Å². The molecule has 0 aliphatic carbocycles. The Morgan fingerprint density at radius 3 is 1.32 bits per heavy atom. The average Bonchev–Trinajstić information content (AvgIpc) is 3.31. The molecule has 65 heavy (non-hydrogen) atoms. The van der Waals surface area contributed by atoms with Crippen molar-refractivity contribution >= 4 is 5.97 Å². The molecule has 1 heterocycles. The first-order chi connectivity index (χ1) is 31.9. The third kappa shape index (κ3) is 38.2. The number of hydrogen-bond acceptors (Lipinski definition) is 9. The highest BCUT2D eigenvalue weighted by atomic mass is 16.7. The maximum Gasteiger partial charge on any atom is 0.306 e. The van der Waals surface area contributed by atoms with Crippen LogP contribution in [0.1, 0.15) is 264 Å². The third-order valence-electron chi connectivity index (χ3n) is 13.1. The monoisotopic (exact) mass is 923 g/mol. The highest BCUT2D eigenvalue weighted by Crippen LogP contribution is 2.23. The summed E-state index contributed by atoms with van der Waals surface area (Å²) in [5, 5.41) is 40.3.